The molecule has 120 valence electrons. The van der Waals surface area contributed by atoms with Crippen molar-refractivity contribution in [3.8, 4) is 0 Å². The summed E-state index contributed by atoms with van der Waals surface area (Å²) < 4.78 is 5.16. The van der Waals surface area contributed by atoms with Crippen molar-refractivity contribution >= 4 is 17.7 Å². The van der Waals surface area contributed by atoms with Crippen LogP contribution in [0.4, 0.5) is 0 Å². The van der Waals surface area contributed by atoms with E-state index >= 15 is 0 Å². The third-order valence-electron chi connectivity index (χ3n) is 3.13. The Labute approximate surface area is 119 Å². The third kappa shape index (κ3) is 4.19. The van der Waals surface area contributed by atoms with E-state index < -0.39 is 67.8 Å². The molecule has 6 N–H and O–H groups in total. The van der Waals surface area contributed by atoms with Gasteiger partial charge >= 0.3 is 5.97 Å². The van der Waals surface area contributed by atoms with Crippen LogP contribution in [0.25, 0.3) is 0 Å². The Balaban J connectivity index is 2.92. The summed E-state index contributed by atoms with van der Waals surface area (Å²) in [6.45, 7) is -1.57. The minimum atomic E-state index is -1.72. The number of carboxylic acids is 1. The summed E-state index contributed by atoms with van der Waals surface area (Å²) in [5.74, 6) is -3.83. The van der Waals surface area contributed by atoms with Gasteiger partial charge < -0.3 is 35.6 Å². The highest BCUT2D eigenvalue weighted by molar-refractivity contribution is 6.32. The fraction of sp³-hybridized carbons (Fsp3) is 0.727. The van der Waals surface area contributed by atoms with Crippen molar-refractivity contribution in [3.63, 3.8) is 0 Å². The quantitative estimate of drug-likeness (QED) is 0.267. The highest BCUT2D eigenvalue weighted by Crippen LogP contribution is 2.23. The number of amides is 1. The first-order valence-corrected chi connectivity index (χ1v) is 6.10. The number of ketones is 1. The molecule has 0 radical (unpaired) electrons. The lowest BCUT2D eigenvalue weighted by atomic mass is 9.90. The molecule has 0 aromatic rings. The van der Waals surface area contributed by atoms with Crippen LogP contribution in [-0.4, -0.2) is 86.9 Å². The molecule has 1 aliphatic rings. The third-order valence-corrected chi connectivity index (χ3v) is 3.13. The highest BCUT2D eigenvalue weighted by Gasteiger charge is 2.45. The molecule has 0 aliphatic carbocycles. The molecule has 0 aromatic carbocycles. The Morgan fingerprint density at radius 1 is 1.05 bits per heavy atom. The first-order chi connectivity index (χ1) is 9.81. The average Bonchev–Trinajstić information content (AvgIpc) is 2.45. The molecule has 1 amide bonds. The molecule has 10 nitrogen and oxygen atoms in total. The van der Waals surface area contributed by atoms with Gasteiger partial charge in [0.25, 0.3) is 0 Å². The van der Waals surface area contributed by atoms with E-state index in [0.717, 1.165) is 0 Å². The molecule has 0 aromatic heterocycles. The Morgan fingerprint density at radius 2 is 1.67 bits per heavy atom. The highest BCUT2D eigenvalue weighted by atomic mass is 16.5. The maximum Gasteiger partial charge on any atom is 0.372 e. The Bertz CT molecular complexity index is 412. The van der Waals surface area contributed by atoms with E-state index in [0.29, 0.717) is 0 Å². The predicted octanol–water partition coefficient (Wildman–Crippen LogP) is -4.01. The van der Waals surface area contributed by atoms with E-state index in [1.54, 1.807) is 0 Å². The average molecular weight is 307 g/mol. The molecular formula is C11H17NO9. The second kappa shape index (κ2) is 7.43. The number of carbonyl (C=O) groups is 3. The fourth-order valence-corrected chi connectivity index (χ4v) is 2.05. The Hall–Kier alpha value is -1.59. The zero-order chi connectivity index (χ0) is 16.2. The van der Waals surface area contributed by atoms with E-state index in [4.69, 9.17) is 20.1 Å². The standard InChI is InChI=1S/C11H17NO9/c13-2-6-9(17)10(18)8(12-7(16)3-14)5(21-6)1-4(15)11(19)20/h5-6,8-10,13-14,17-18H,1-3H2,(H,12,16)(H,19,20)/t5-,6+,8+,9+,10+/m0/s1. The number of Topliss-reactive ketones (excluding diaryl/α,β-unsaturated/α-hetero) is 1. The topological polar surface area (TPSA) is 174 Å². The molecular weight excluding hydrogens is 290 g/mol. The first kappa shape index (κ1) is 17.5. The molecule has 21 heavy (non-hydrogen) atoms. The summed E-state index contributed by atoms with van der Waals surface area (Å²) in [6.07, 6.45) is -6.31. The largest absolute Gasteiger partial charge is 0.475 e. The summed E-state index contributed by atoms with van der Waals surface area (Å²) >= 11 is 0. The molecule has 10 heteroatoms. The summed E-state index contributed by atoms with van der Waals surface area (Å²) in [7, 11) is 0. The maximum atomic E-state index is 11.2. The molecule has 1 saturated heterocycles. The van der Waals surface area contributed by atoms with Crippen LogP contribution in [0.15, 0.2) is 0 Å². The number of carbonyl (C=O) groups excluding carboxylic acids is 2. The summed E-state index contributed by atoms with van der Waals surface area (Å²) in [6, 6.07) is -1.30. The molecule has 1 fully saturated rings. The van der Waals surface area contributed by atoms with Gasteiger partial charge in [0, 0.05) is 6.42 Å². The van der Waals surface area contributed by atoms with Gasteiger partial charge in [0.2, 0.25) is 11.7 Å². The van der Waals surface area contributed by atoms with Crippen molar-refractivity contribution in [1.29, 1.82) is 0 Å². The van der Waals surface area contributed by atoms with E-state index in [2.05, 4.69) is 5.32 Å². The monoisotopic (exact) mass is 307 g/mol. The van der Waals surface area contributed by atoms with Crippen LogP contribution < -0.4 is 5.32 Å². The maximum absolute atomic E-state index is 11.2. The van der Waals surface area contributed by atoms with E-state index in [1.807, 2.05) is 0 Å². The van der Waals surface area contributed by atoms with Gasteiger partial charge in [-0.2, -0.15) is 0 Å². The number of aliphatic hydroxyl groups excluding tert-OH is 4. The molecule has 1 rings (SSSR count). The van der Waals surface area contributed by atoms with Gasteiger partial charge in [-0.1, -0.05) is 0 Å². The van der Waals surface area contributed by atoms with Crippen molar-refractivity contribution in [2.24, 2.45) is 0 Å². The van der Waals surface area contributed by atoms with Gasteiger partial charge in [-0.3, -0.25) is 9.59 Å². The Kier molecular flexibility index (Phi) is 6.18. The second-order valence-corrected chi connectivity index (χ2v) is 4.56. The first-order valence-electron chi connectivity index (χ1n) is 6.10. The van der Waals surface area contributed by atoms with Gasteiger partial charge in [0.1, 0.15) is 24.9 Å². The molecule has 0 bridgehead atoms. The molecule has 1 heterocycles. The second-order valence-electron chi connectivity index (χ2n) is 4.56. The smallest absolute Gasteiger partial charge is 0.372 e. The Morgan fingerprint density at radius 3 is 2.14 bits per heavy atom. The number of hydrogen-bond acceptors (Lipinski definition) is 8. The molecule has 0 spiro atoms. The van der Waals surface area contributed by atoms with Crippen LogP contribution in [0.5, 0.6) is 0 Å². The van der Waals surface area contributed by atoms with Crippen molar-refractivity contribution in [1.82, 2.24) is 5.32 Å². The van der Waals surface area contributed by atoms with Crippen LogP contribution >= 0.6 is 0 Å². The summed E-state index contributed by atoms with van der Waals surface area (Å²) in [5, 5.41) is 48.0. The van der Waals surface area contributed by atoms with Gasteiger partial charge in [0.15, 0.2) is 0 Å². The molecule has 0 saturated carbocycles. The van der Waals surface area contributed by atoms with Crippen molar-refractivity contribution in [2.45, 2.75) is 36.9 Å². The fourth-order valence-electron chi connectivity index (χ4n) is 2.05. The zero-order valence-electron chi connectivity index (χ0n) is 10.9. The number of carboxylic acid groups (broad SMARTS) is 1. The lowest BCUT2D eigenvalue weighted by molar-refractivity contribution is -0.197. The minimum absolute atomic E-state index is 0.670. The number of hydrogen-bond donors (Lipinski definition) is 6. The van der Waals surface area contributed by atoms with E-state index in [-0.39, 0.29) is 0 Å². The van der Waals surface area contributed by atoms with E-state index in [9.17, 15) is 24.6 Å². The summed E-state index contributed by atoms with van der Waals surface area (Å²) in [4.78, 5) is 33.0. The van der Waals surface area contributed by atoms with Gasteiger partial charge in [-0.05, 0) is 0 Å². The van der Waals surface area contributed by atoms with Crippen molar-refractivity contribution in [3.05, 3.63) is 0 Å². The lowest BCUT2D eigenvalue weighted by Gasteiger charge is -2.42. The van der Waals surface area contributed by atoms with Crippen LogP contribution in [-0.2, 0) is 19.1 Å². The van der Waals surface area contributed by atoms with Gasteiger partial charge in [-0.25, -0.2) is 4.79 Å². The minimum Gasteiger partial charge on any atom is -0.475 e. The van der Waals surface area contributed by atoms with Gasteiger partial charge in [-0.15, -0.1) is 0 Å². The number of ether oxygens (including phenoxy) is 1. The van der Waals surface area contributed by atoms with Gasteiger partial charge in [0.05, 0.1) is 18.8 Å². The SMILES string of the molecule is O=C(CO)N[C@H]1[C@@H](O)[C@H](O)[C@@H](CO)O[C@H]1CC(=O)C(=O)O. The lowest BCUT2D eigenvalue weighted by Crippen LogP contribution is -2.64. The summed E-state index contributed by atoms with van der Waals surface area (Å²) in [5.41, 5.74) is 0. The zero-order valence-corrected chi connectivity index (χ0v) is 10.9. The number of aliphatic hydroxyl groups is 4. The van der Waals surface area contributed by atoms with Crippen molar-refractivity contribution in [2.75, 3.05) is 13.2 Å². The van der Waals surface area contributed by atoms with Crippen LogP contribution in [0.2, 0.25) is 0 Å². The number of nitrogens with one attached hydrogen (secondary N) is 1. The van der Waals surface area contributed by atoms with Crippen LogP contribution in [0, 0.1) is 0 Å². The van der Waals surface area contributed by atoms with Crippen molar-refractivity contribution < 1.29 is 44.7 Å². The normalized spacial score (nSPS) is 32.5. The van der Waals surface area contributed by atoms with Crippen LogP contribution in [0.1, 0.15) is 6.42 Å². The number of rotatable bonds is 6. The molecule has 0 unspecified atom stereocenters. The van der Waals surface area contributed by atoms with Crippen LogP contribution in [0.3, 0.4) is 0 Å². The van der Waals surface area contributed by atoms with E-state index in [1.165, 1.54) is 0 Å². The molecule has 1 aliphatic heterocycles. The molecule has 5 atom stereocenters. The predicted molar refractivity (Wildman–Crippen MR) is 64.0 cm³/mol. The number of aliphatic carboxylic acids is 1.